The predicted octanol–water partition coefficient (Wildman–Crippen LogP) is 2.58. The second-order valence-electron chi connectivity index (χ2n) is 9.90. The van der Waals surface area contributed by atoms with E-state index in [0.717, 1.165) is 30.5 Å². The molecule has 8 heteroatoms. The summed E-state index contributed by atoms with van der Waals surface area (Å²) in [6.45, 7) is 1.85. The lowest BCUT2D eigenvalue weighted by Gasteiger charge is -2.57. The topological polar surface area (TPSA) is 78.7 Å². The van der Waals surface area contributed by atoms with E-state index in [4.69, 9.17) is 0 Å². The molecule has 2 aromatic rings. The molecule has 0 amide bonds. The lowest BCUT2D eigenvalue weighted by molar-refractivity contribution is -0.0554. The van der Waals surface area contributed by atoms with Crippen LogP contribution in [0.15, 0.2) is 41.8 Å². The van der Waals surface area contributed by atoms with E-state index in [9.17, 15) is 13.5 Å². The van der Waals surface area contributed by atoms with Gasteiger partial charge in [0.1, 0.15) is 0 Å². The Bertz CT molecular complexity index is 1160. The smallest absolute Gasteiger partial charge is 0.262 e. The Morgan fingerprint density at radius 3 is 2.50 bits per heavy atom. The zero-order valence-corrected chi connectivity index (χ0v) is 20.6. The quantitative estimate of drug-likeness (QED) is 0.678. The van der Waals surface area contributed by atoms with Gasteiger partial charge in [-0.3, -0.25) is 4.90 Å². The average Bonchev–Trinajstić information content (AvgIpc) is 3.49. The van der Waals surface area contributed by atoms with Crippen molar-refractivity contribution in [2.75, 3.05) is 26.2 Å². The summed E-state index contributed by atoms with van der Waals surface area (Å²) in [7, 11) is -1.89. The highest BCUT2D eigenvalue weighted by Crippen LogP contribution is 2.42. The van der Waals surface area contributed by atoms with E-state index >= 15 is 0 Å². The van der Waals surface area contributed by atoms with Gasteiger partial charge in [-0.25, -0.2) is 13.4 Å². The Balaban J connectivity index is 1.37. The number of nitrogens with zero attached hydrogens (tertiary/aromatic N) is 4. The number of aryl methyl sites for hydroxylation is 1. The first-order valence-corrected chi connectivity index (χ1v) is 13.9. The van der Waals surface area contributed by atoms with E-state index < -0.39 is 10.0 Å². The van der Waals surface area contributed by atoms with E-state index in [-0.39, 0.29) is 29.6 Å². The van der Waals surface area contributed by atoms with Gasteiger partial charge >= 0.3 is 0 Å². The molecule has 3 aliphatic rings. The van der Waals surface area contributed by atoms with E-state index in [1.165, 1.54) is 32.0 Å². The molecule has 0 bridgehead atoms. The zero-order valence-electron chi connectivity index (χ0n) is 19.8. The maximum Gasteiger partial charge on any atom is 0.262 e. The minimum absolute atomic E-state index is 0.0120. The molecule has 3 heterocycles. The van der Waals surface area contributed by atoms with Crippen molar-refractivity contribution in [3.05, 3.63) is 47.9 Å². The summed E-state index contributed by atoms with van der Waals surface area (Å²) in [5, 5.41) is 10.3. The van der Waals surface area contributed by atoms with Crippen LogP contribution in [0.2, 0.25) is 0 Å². The van der Waals surface area contributed by atoms with E-state index in [1.807, 2.05) is 0 Å². The molecule has 2 aliphatic heterocycles. The van der Waals surface area contributed by atoms with Crippen LogP contribution in [-0.2, 0) is 17.1 Å². The summed E-state index contributed by atoms with van der Waals surface area (Å²) in [5.74, 6) is 7.36. The van der Waals surface area contributed by atoms with Crippen molar-refractivity contribution in [2.45, 2.75) is 61.6 Å². The highest BCUT2D eigenvalue weighted by molar-refractivity contribution is 7.89. The van der Waals surface area contributed by atoms with Crippen molar-refractivity contribution in [3.8, 4) is 11.8 Å². The number of imidazole rings is 1. The second kappa shape index (κ2) is 9.82. The standard InChI is InChI=1S/C26H34N4O3S/c1-28-17-25(27-19-28)34(32,33)29-14-4-5-15-30-23(16-29)26(24(30)18-31)22-12-10-21(11-13-22)9-8-20-6-2-3-7-20/h10-13,17,19-20,23-24,26,31H,2-7,14-16,18H2,1H3/t23-,24-,26+/m0/s1. The maximum absolute atomic E-state index is 13.3. The first kappa shape index (κ1) is 23.6. The van der Waals surface area contributed by atoms with Gasteiger partial charge in [0.2, 0.25) is 0 Å². The van der Waals surface area contributed by atoms with Crippen molar-refractivity contribution in [2.24, 2.45) is 13.0 Å². The molecule has 1 saturated carbocycles. The van der Waals surface area contributed by atoms with Gasteiger partial charge in [0.15, 0.2) is 5.03 Å². The predicted molar refractivity (Wildman–Crippen MR) is 131 cm³/mol. The number of benzene rings is 1. The van der Waals surface area contributed by atoms with Crippen LogP contribution >= 0.6 is 0 Å². The van der Waals surface area contributed by atoms with Gasteiger partial charge in [0.25, 0.3) is 10.0 Å². The number of aliphatic hydroxyl groups is 1. The lowest BCUT2D eigenvalue weighted by atomic mass is 9.74. The van der Waals surface area contributed by atoms with Crippen molar-refractivity contribution in [3.63, 3.8) is 0 Å². The molecule has 3 fully saturated rings. The zero-order chi connectivity index (χ0) is 23.7. The molecular weight excluding hydrogens is 448 g/mol. The molecule has 0 radical (unpaired) electrons. The average molecular weight is 483 g/mol. The molecule has 1 aliphatic carbocycles. The minimum atomic E-state index is -3.66. The molecule has 5 rings (SSSR count). The van der Waals surface area contributed by atoms with Crippen molar-refractivity contribution >= 4 is 10.0 Å². The first-order valence-electron chi connectivity index (χ1n) is 12.4. The van der Waals surface area contributed by atoms with Crippen LogP contribution < -0.4 is 0 Å². The Morgan fingerprint density at radius 1 is 1.09 bits per heavy atom. The monoisotopic (exact) mass is 482 g/mol. The third-order valence-electron chi connectivity index (χ3n) is 7.69. The number of aliphatic hydroxyl groups excluding tert-OH is 1. The Morgan fingerprint density at radius 2 is 1.82 bits per heavy atom. The largest absolute Gasteiger partial charge is 0.395 e. The summed E-state index contributed by atoms with van der Waals surface area (Å²) in [6.07, 6.45) is 9.78. The summed E-state index contributed by atoms with van der Waals surface area (Å²) >= 11 is 0. The Hall–Kier alpha value is -2.18. The number of aromatic nitrogens is 2. The van der Waals surface area contributed by atoms with Crippen LogP contribution in [0.1, 0.15) is 55.6 Å². The first-order chi connectivity index (χ1) is 16.5. The number of rotatable bonds is 4. The molecule has 0 unspecified atom stereocenters. The van der Waals surface area contributed by atoms with E-state index in [1.54, 1.807) is 22.1 Å². The van der Waals surface area contributed by atoms with Gasteiger partial charge in [0, 0.05) is 55.8 Å². The fourth-order valence-corrected chi connectivity index (χ4v) is 7.29. The third kappa shape index (κ3) is 4.55. The molecule has 34 heavy (non-hydrogen) atoms. The fraction of sp³-hybridized carbons (Fsp3) is 0.577. The fourth-order valence-electron chi connectivity index (χ4n) is 5.83. The van der Waals surface area contributed by atoms with Crippen molar-refractivity contribution in [1.29, 1.82) is 0 Å². The van der Waals surface area contributed by atoms with Crippen molar-refractivity contribution < 1.29 is 13.5 Å². The second-order valence-corrected chi connectivity index (χ2v) is 11.8. The number of hydrogen-bond acceptors (Lipinski definition) is 5. The molecule has 182 valence electrons. The van der Waals surface area contributed by atoms with Crippen LogP contribution in [0, 0.1) is 17.8 Å². The van der Waals surface area contributed by atoms with Gasteiger partial charge < -0.3 is 9.67 Å². The molecule has 0 spiro atoms. The summed E-state index contributed by atoms with van der Waals surface area (Å²) in [4.78, 5) is 6.40. The van der Waals surface area contributed by atoms with Crippen LogP contribution in [0.5, 0.6) is 0 Å². The number of sulfonamides is 1. The Labute approximate surface area is 202 Å². The van der Waals surface area contributed by atoms with Gasteiger partial charge in [-0.15, -0.1) is 0 Å². The molecule has 3 atom stereocenters. The third-order valence-corrected chi connectivity index (χ3v) is 9.44. The van der Waals surface area contributed by atoms with Gasteiger partial charge in [-0.2, -0.15) is 4.31 Å². The Kier molecular flexibility index (Phi) is 6.81. The summed E-state index contributed by atoms with van der Waals surface area (Å²) < 4.78 is 29.9. The molecule has 2 saturated heterocycles. The molecular formula is C26H34N4O3S. The summed E-state index contributed by atoms with van der Waals surface area (Å²) in [5.41, 5.74) is 2.16. The lowest BCUT2D eigenvalue weighted by Crippen LogP contribution is -2.67. The minimum Gasteiger partial charge on any atom is -0.395 e. The van der Waals surface area contributed by atoms with E-state index in [0.29, 0.717) is 19.0 Å². The number of fused-ring (bicyclic) bond motifs is 1. The van der Waals surface area contributed by atoms with Gasteiger partial charge in [-0.05, 0) is 49.9 Å². The van der Waals surface area contributed by atoms with Crippen LogP contribution in [0.3, 0.4) is 0 Å². The van der Waals surface area contributed by atoms with Crippen LogP contribution in [0.25, 0.3) is 0 Å². The van der Waals surface area contributed by atoms with Crippen LogP contribution in [-0.4, -0.2) is 70.6 Å². The summed E-state index contributed by atoms with van der Waals surface area (Å²) in [6, 6.07) is 8.41. The molecule has 1 N–H and O–H groups in total. The molecule has 1 aromatic carbocycles. The SMILES string of the molecule is Cn1cnc(S(=O)(=O)N2CCCCN3[C@@H](CO)[C@H](c4ccc(C#CC5CCCC5)cc4)[C@@H]3C2)c1. The highest BCUT2D eigenvalue weighted by atomic mass is 32.2. The molecule has 7 nitrogen and oxygen atoms in total. The number of hydrogen-bond donors (Lipinski definition) is 1. The van der Waals surface area contributed by atoms with Crippen LogP contribution in [0.4, 0.5) is 0 Å². The highest BCUT2D eigenvalue weighted by Gasteiger charge is 2.50. The molecule has 1 aromatic heterocycles. The normalized spacial score (nSPS) is 26.7. The van der Waals surface area contributed by atoms with Gasteiger partial charge in [0.05, 0.1) is 12.9 Å². The van der Waals surface area contributed by atoms with Gasteiger partial charge in [-0.1, -0.05) is 36.8 Å². The maximum atomic E-state index is 13.3. The van der Waals surface area contributed by atoms with E-state index in [2.05, 4.69) is 46.0 Å². The van der Waals surface area contributed by atoms with Crippen molar-refractivity contribution in [1.82, 2.24) is 18.8 Å².